The summed E-state index contributed by atoms with van der Waals surface area (Å²) in [6, 6.07) is 0. The van der Waals surface area contributed by atoms with Crippen molar-refractivity contribution in [2.24, 2.45) is 0 Å². The first-order valence-electron chi connectivity index (χ1n) is 0.873. The van der Waals surface area contributed by atoms with Crippen LogP contribution in [-0.2, 0) is 0 Å². The van der Waals surface area contributed by atoms with E-state index in [1.165, 1.54) is 0 Å². The fraction of sp³-hybridized carbons (Fsp3) is 0. The fourth-order valence-corrected chi connectivity index (χ4v) is 0. The molecule has 0 atom stereocenters. The first kappa shape index (κ1) is 5.50. The number of rotatable bonds is 0. The van der Waals surface area contributed by atoms with Crippen molar-refractivity contribution in [3.05, 3.63) is 0 Å². The SMILES string of the molecule is F[B-](F)(Cl)Cl. The predicted molar refractivity (Wildman–Crippen MR) is 19.7 cm³/mol. The molecule has 0 rings (SSSR count). The molecule has 0 amide bonds. The van der Waals surface area contributed by atoms with Gasteiger partial charge < -0.3 is 8.63 Å². The van der Waals surface area contributed by atoms with Gasteiger partial charge in [0.05, 0.1) is 0 Å². The summed E-state index contributed by atoms with van der Waals surface area (Å²) in [5.74, 6) is 0. The van der Waals surface area contributed by atoms with E-state index in [1.807, 2.05) is 0 Å². The van der Waals surface area contributed by atoms with Crippen LogP contribution in [0.15, 0.2) is 0 Å². The van der Waals surface area contributed by atoms with E-state index in [4.69, 9.17) is 0 Å². The Labute approximate surface area is 37.9 Å². The van der Waals surface area contributed by atoms with Crippen LogP contribution < -0.4 is 0 Å². The maximum Gasteiger partial charge on any atom is 0.487 e. The first-order valence-corrected chi connectivity index (χ1v) is 1.75. The summed E-state index contributed by atoms with van der Waals surface area (Å²) in [5.41, 5.74) is -4.06. The Morgan fingerprint density at radius 3 is 1.20 bits per heavy atom. The van der Waals surface area contributed by atoms with E-state index in [0.717, 1.165) is 0 Å². The second kappa shape index (κ2) is 1.31. The van der Waals surface area contributed by atoms with Crippen LogP contribution in [0.2, 0.25) is 0 Å². The molecule has 5 heavy (non-hydrogen) atoms. The topological polar surface area (TPSA) is 0 Å². The van der Waals surface area contributed by atoms with Gasteiger partial charge in [-0.2, -0.15) is 0 Å². The third-order valence-corrected chi connectivity index (χ3v) is 0. The molecule has 0 fully saturated rings. The minimum absolute atomic E-state index is 4.02. The zero-order valence-corrected chi connectivity index (χ0v) is 3.60. The molecule has 5 heteroatoms. The molecule has 32 valence electrons. The number of hydrogen-bond acceptors (Lipinski definition) is 0. The summed E-state index contributed by atoms with van der Waals surface area (Å²) in [7, 11) is 0. The van der Waals surface area contributed by atoms with Crippen LogP contribution in [0.3, 0.4) is 0 Å². The van der Waals surface area contributed by atoms with Crippen LogP contribution in [0.5, 0.6) is 0 Å². The molecule has 0 aliphatic heterocycles. The number of hydrogen-bond donors (Lipinski definition) is 0. The van der Waals surface area contributed by atoms with Gasteiger partial charge in [-0.1, -0.05) is 0 Å². The summed E-state index contributed by atoms with van der Waals surface area (Å²) in [6.07, 6.45) is 0. The second-order valence-electron chi connectivity index (χ2n) is 0.495. The first-order chi connectivity index (χ1) is 2.00. The van der Waals surface area contributed by atoms with Crippen molar-refractivity contribution in [1.29, 1.82) is 0 Å². The minimum atomic E-state index is -4.06. The average Bonchev–Trinajstić information content (AvgIpc) is 0.722. The van der Waals surface area contributed by atoms with E-state index in [2.05, 4.69) is 22.9 Å². The predicted octanol–water partition coefficient (Wildman–Crippen LogP) is 1.84. The smallest absolute Gasteiger partial charge is 0.450 e. The zero-order valence-electron chi connectivity index (χ0n) is 2.09. The normalized spacial score (nSPS) is 12.0. The maximum absolute atomic E-state index is 10.6. The van der Waals surface area contributed by atoms with Gasteiger partial charge in [0.1, 0.15) is 0 Å². The molecule has 0 saturated carbocycles. The third-order valence-electron chi connectivity index (χ3n) is 0. The maximum atomic E-state index is 10.6. The molecule has 0 aromatic heterocycles. The molecule has 0 aromatic rings. The number of halogens is 4. The van der Waals surface area contributed by atoms with Crippen molar-refractivity contribution in [3.8, 4) is 0 Å². The van der Waals surface area contributed by atoms with E-state index in [0.29, 0.717) is 0 Å². The minimum Gasteiger partial charge on any atom is -0.450 e. The summed E-state index contributed by atoms with van der Waals surface area (Å²) in [4.78, 5) is 0. The van der Waals surface area contributed by atoms with Crippen molar-refractivity contribution in [2.45, 2.75) is 0 Å². The highest BCUT2D eigenvalue weighted by molar-refractivity contribution is 7.38. The van der Waals surface area contributed by atoms with Gasteiger partial charge in [0.25, 0.3) is 0 Å². The standard InChI is InChI=1S/BCl2F2/c2-1(3,4)5/q-1. The lowest BCUT2D eigenvalue weighted by molar-refractivity contribution is 0.682. The molecule has 0 heterocycles. The Hall–Kier alpha value is 0.505. The van der Waals surface area contributed by atoms with Crippen LogP contribution >= 0.6 is 22.9 Å². The Balaban J connectivity index is 3.02. The molecule has 0 radical (unpaired) electrons. The second-order valence-corrected chi connectivity index (χ2v) is 1.81. The Bertz CT molecular complexity index is 23.1. The molecule has 0 saturated heterocycles. The monoisotopic (exact) mass is 119 g/mol. The van der Waals surface area contributed by atoms with Gasteiger partial charge in [0.2, 0.25) is 0 Å². The average molecular weight is 120 g/mol. The largest absolute Gasteiger partial charge is 0.487 e. The lowest BCUT2D eigenvalue weighted by Crippen LogP contribution is -1.97. The van der Waals surface area contributed by atoms with Crippen molar-refractivity contribution >= 4 is 28.5 Å². The van der Waals surface area contributed by atoms with Gasteiger partial charge in [0.15, 0.2) is 0 Å². The molecular formula is BCl2F2-. The highest BCUT2D eigenvalue weighted by atomic mass is 35.5. The zero-order chi connectivity index (χ0) is 4.50. The van der Waals surface area contributed by atoms with Crippen molar-refractivity contribution in [2.75, 3.05) is 0 Å². The van der Waals surface area contributed by atoms with Crippen LogP contribution in [0.4, 0.5) is 8.63 Å². The van der Waals surface area contributed by atoms with Crippen LogP contribution in [-0.4, -0.2) is 5.53 Å². The molecular weight excluding hydrogens is 120 g/mol. The fourth-order valence-electron chi connectivity index (χ4n) is 0. The molecule has 0 aliphatic rings. The van der Waals surface area contributed by atoms with Crippen molar-refractivity contribution < 1.29 is 8.63 Å². The highest BCUT2D eigenvalue weighted by Crippen LogP contribution is 2.15. The summed E-state index contributed by atoms with van der Waals surface area (Å²) in [6.45, 7) is 0. The summed E-state index contributed by atoms with van der Waals surface area (Å²) < 4.78 is 21.2. The Kier molecular flexibility index (Phi) is 1.44. The molecule has 0 N–H and O–H groups in total. The lowest BCUT2D eigenvalue weighted by atomic mass is 10.5. The third kappa shape index (κ3) is 111. The molecule has 0 nitrogen and oxygen atoms in total. The van der Waals surface area contributed by atoms with E-state index >= 15 is 0 Å². The van der Waals surface area contributed by atoms with E-state index < -0.39 is 5.53 Å². The quantitative estimate of drug-likeness (QED) is 0.427. The summed E-state index contributed by atoms with van der Waals surface area (Å²) >= 11 is 8.05. The highest BCUT2D eigenvalue weighted by Gasteiger charge is 2.11. The molecule has 0 aromatic carbocycles. The Morgan fingerprint density at radius 2 is 1.20 bits per heavy atom. The van der Waals surface area contributed by atoms with Crippen LogP contribution in [0.1, 0.15) is 0 Å². The van der Waals surface area contributed by atoms with Gasteiger partial charge in [0, 0.05) is 0 Å². The van der Waals surface area contributed by atoms with Gasteiger partial charge in [-0.3, -0.25) is 22.9 Å². The van der Waals surface area contributed by atoms with Crippen molar-refractivity contribution in [1.82, 2.24) is 0 Å². The van der Waals surface area contributed by atoms with Crippen molar-refractivity contribution in [3.63, 3.8) is 0 Å². The molecule has 0 aliphatic carbocycles. The van der Waals surface area contributed by atoms with Gasteiger partial charge in [-0.25, -0.2) is 0 Å². The van der Waals surface area contributed by atoms with E-state index in [-0.39, 0.29) is 0 Å². The van der Waals surface area contributed by atoms with Gasteiger partial charge in [-0.05, 0) is 0 Å². The molecule has 0 bridgehead atoms. The van der Waals surface area contributed by atoms with Gasteiger partial charge >= 0.3 is 5.53 Å². The lowest BCUT2D eigenvalue weighted by Gasteiger charge is -1.99. The molecule has 0 unspecified atom stereocenters. The van der Waals surface area contributed by atoms with E-state index in [1.54, 1.807) is 0 Å². The van der Waals surface area contributed by atoms with Crippen LogP contribution in [0, 0.1) is 0 Å². The van der Waals surface area contributed by atoms with E-state index in [9.17, 15) is 8.63 Å². The summed E-state index contributed by atoms with van der Waals surface area (Å²) in [5, 5.41) is 0. The molecule has 0 spiro atoms. The Morgan fingerprint density at radius 1 is 1.20 bits per heavy atom. The van der Waals surface area contributed by atoms with Gasteiger partial charge in [-0.15, -0.1) is 0 Å². The van der Waals surface area contributed by atoms with Crippen LogP contribution in [0.25, 0.3) is 0 Å².